The van der Waals surface area contributed by atoms with Crippen LogP contribution in [0.3, 0.4) is 0 Å². The van der Waals surface area contributed by atoms with Crippen molar-refractivity contribution in [1.29, 1.82) is 0 Å². The minimum absolute atomic E-state index is 0.0821. The summed E-state index contributed by atoms with van der Waals surface area (Å²) in [5.41, 5.74) is 0.560. The van der Waals surface area contributed by atoms with Crippen LogP contribution in [0.15, 0.2) is 18.2 Å². The van der Waals surface area contributed by atoms with Gasteiger partial charge in [-0.1, -0.05) is 11.6 Å². The third-order valence-electron chi connectivity index (χ3n) is 3.28. The third kappa shape index (κ3) is 3.46. The van der Waals surface area contributed by atoms with Gasteiger partial charge in [0.2, 0.25) is 5.91 Å². The number of carboxylic acids is 1. The van der Waals surface area contributed by atoms with Crippen molar-refractivity contribution in [2.45, 2.75) is 13.0 Å². The molecule has 7 heteroatoms. The predicted octanol–water partition coefficient (Wildman–Crippen LogP) is 1.38. The molecular formula is C14H17ClN2O4. The number of nitrogens with zero attached hydrogens (tertiary/aromatic N) is 1. The molecule has 0 bridgehead atoms. The van der Waals surface area contributed by atoms with Gasteiger partial charge in [-0.3, -0.25) is 4.79 Å². The number of nitrogens with one attached hydrogen (secondary N) is 1. The number of halogens is 1. The number of hydrogen-bond donors (Lipinski definition) is 2. The fourth-order valence-electron chi connectivity index (χ4n) is 2.33. The van der Waals surface area contributed by atoms with Crippen molar-refractivity contribution in [3.05, 3.63) is 28.8 Å². The maximum atomic E-state index is 12.1. The van der Waals surface area contributed by atoms with Gasteiger partial charge < -0.3 is 20.1 Å². The molecule has 0 radical (unpaired) electrons. The number of rotatable bonds is 4. The van der Waals surface area contributed by atoms with Crippen LogP contribution in [0.25, 0.3) is 0 Å². The van der Waals surface area contributed by atoms with Gasteiger partial charge in [-0.25, -0.2) is 4.79 Å². The van der Waals surface area contributed by atoms with E-state index in [2.05, 4.69) is 5.32 Å². The number of morpholine rings is 1. The third-order valence-corrected chi connectivity index (χ3v) is 3.52. The first-order valence-corrected chi connectivity index (χ1v) is 7.07. The van der Waals surface area contributed by atoms with E-state index in [9.17, 15) is 14.7 Å². The van der Waals surface area contributed by atoms with E-state index in [1.54, 1.807) is 17.0 Å². The van der Waals surface area contributed by atoms with Gasteiger partial charge in [0.05, 0.1) is 24.5 Å². The number of carbonyl (C=O) groups is 2. The fraction of sp³-hybridized carbons (Fsp3) is 0.429. The highest BCUT2D eigenvalue weighted by Crippen LogP contribution is 2.27. The van der Waals surface area contributed by atoms with Crippen LogP contribution in [0.1, 0.15) is 17.3 Å². The summed E-state index contributed by atoms with van der Waals surface area (Å²) >= 11 is 5.86. The molecule has 1 unspecified atom stereocenters. The van der Waals surface area contributed by atoms with Crippen molar-refractivity contribution in [2.75, 3.05) is 31.2 Å². The molecule has 1 aromatic rings. The lowest BCUT2D eigenvalue weighted by Gasteiger charge is -2.37. The average molecular weight is 313 g/mol. The molecule has 0 aliphatic carbocycles. The van der Waals surface area contributed by atoms with Crippen molar-refractivity contribution >= 4 is 29.2 Å². The van der Waals surface area contributed by atoms with Gasteiger partial charge in [-0.15, -0.1) is 0 Å². The average Bonchev–Trinajstić information content (AvgIpc) is 2.47. The Morgan fingerprint density at radius 1 is 1.52 bits per heavy atom. The van der Waals surface area contributed by atoms with Gasteiger partial charge in [0, 0.05) is 18.1 Å². The summed E-state index contributed by atoms with van der Waals surface area (Å²) in [6.45, 7) is 3.46. The number of carboxylic acid groups (broad SMARTS) is 1. The molecule has 1 saturated heterocycles. The second-order valence-corrected chi connectivity index (χ2v) is 5.08. The van der Waals surface area contributed by atoms with Crippen LogP contribution in [0.2, 0.25) is 5.02 Å². The molecule has 1 aliphatic rings. The van der Waals surface area contributed by atoms with Crippen LogP contribution < -0.4 is 10.2 Å². The molecule has 1 atom stereocenters. The number of amides is 1. The Morgan fingerprint density at radius 2 is 2.29 bits per heavy atom. The largest absolute Gasteiger partial charge is 0.478 e. The van der Waals surface area contributed by atoms with Crippen LogP contribution >= 0.6 is 11.6 Å². The minimum Gasteiger partial charge on any atom is -0.478 e. The van der Waals surface area contributed by atoms with E-state index in [4.69, 9.17) is 16.3 Å². The Balaban J connectivity index is 2.37. The van der Waals surface area contributed by atoms with Crippen molar-refractivity contribution < 1.29 is 19.4 Å². The van der Waals surface area contributed by atoms with E-state index in [0.29, 0.717) is 30.4 Å². The van der Waals surface area contributed by atoms with Gasteiger partial charge in [0.25, 0.3) is 0 Å². The first kappa shape index (κ1) is 15.6. The van der Waals surface area contributed by atoms with Crippen LogP contribution in [-0.2, 0) is 9.53 Å². The fourth-order valence-corrected chi connectivity index (χ4v) is 2.50. The summed E-state index contributed by atoms with van der Waals surface area (Å²) < 4.78 is 5.35. The highest BCUT2D eigenvalue weighted by molar-refractivity contribution is 6.31. The zero-order valence-corrected chi connectivity index (χ0v) is 12.4. The maximum Gasteiger partial charge on any atom is 0.337 e. The summed E-state index contributed by atoms with van der Waals surface area (Å²) in [7, 11) is 0. The molecule has 21 heavy (non-hydrogen) atoms. The number of benzene rings is 1. The van der Waals surface area contributed by atoms with Crippen molar-refractivity contribution in [1.82, 2.24) is 5.32 Å². The van der Waals surface area contributed by atoms with Crippen molar-refractivity contribution in [3.8, 4) is 0 Å². The second kappa shape index (κ2) is 6.78. The number of likely N-dealkylation sites (N-methyl/N-ethyl adjacent to an activating group) is 1. The molecule has 1 fully saturated rings. The van der Waals surface area contributed by atoms with Crippen LogP contribution in [0.5, 0.6) is 0 Å². The molecular weight excluding hydrogens is 296 g/mol. The number of hydrogen-bond acceptors (Lipinski definition) is 4. The smallest absolute Gasteiger partial charge is 0.337 e. The highest BCUT2D eigenvalue weighted by Gasteiger charge is 2.31. The zero-order valence-electron chi connectivity index (χ0n) is 11.6. The van der Waals surface area contributed by atoms with E-state index in [1.807, 2.05) is 6.92 Å². The summed E-state index contributed by atoms with van der Waals surface area (Å²) in [6, 6.07) is 4.10. The lowest BCUT2D eigenvalue weighted by Crippen LogP contribution is -2.54. The van der Waals surface area contributed by atoms with Gasteiger partial charge >= 0.3 is 5.97 Å². The summed E-state index contributed by atoms with van der Waals surface area (Å²) in [5.74, 6) is -1.25. The highest BCUT2D eigenvalue weighted by atomic mass is 35.5. The maximum absolute atomic E-state index is 12.1. The Morgan fingerprint density at radius 3 is 2.95 bits per heavy atom. The molecule has 0 spiro atoms. The molecule has 114 valence electrons. The second-order valence-electron chi connectivity index (χ2n) is 4.65. The predicted molar refractivity (Wildman–Crippen MR) is 79.0 cm³/mol. The Kier molecular flexibility index (Phi) is 5.03. The van der Waals surface area contributed by atoms with Crippen LogP contribution in [0.4, 0.5) is 5.69 Å². The molecule has 2 rings (SSSR count). The molecule has 1 heterocycles. The monoisotopic (exact) mass is 312 g/mol. The lowest BCUT2D eigenvalue weighted by atomic mass is 10.1. The van der Waals surface area contributed by atoms with Gasteiger partial charge in [-0.05, 0) is 25.1 Å². The standard InChI is InChI=1S/C14H17ClN2O4/c1-2-16-13(18)12-8-21-6-5-17(12)11-4-3-9(15)7-10(11)14(19)20/h3-4,7,12H,2,5-6,8H2,1H3,(H,16,18)(H,19,20). The topological polar surface area (TPSA) is 78.9 Å². The number of carbonyl (C=O) groups excluding carboxylic acids is 1. The zero-order chi connectivity index (χ0) is 15.4. The first-order valence-electron chi connectivity index (χ1n) is 6.69. The van der Waals surface area contributed by atoms with Crippen LogP contribution in [0, 0.1) is 0 Å². The summed E-state index contributed by atoms with van der Waals surface area (Å²) in [4.78, 5) is 25.3. The Bertz CT molecular complexity index is 550. The van der Waals surface area contributed by atoms with E-state index < -0.39 is 12.0 Å². The molecule has 1 aliphatic heterocycles. The van der Waals surface area contributed by atoms with Crippen molar-refractivity contribution in [3.63, 3.8) is 0 Å². The first-order chi connectivity index (χ1) is 10.0. The Hall–Kier alpha value is -1.79. The molecule has 1 aromatic carbocycles. The molecule has 0 aromatic heterocycles. The SMILES string of the molecule is CCNC(=O)C1COCCN1c1ccc(Cl)cc1C(=O)O. The minimum atomic E-state index is -1.08. The van der Waals surface area contributed by atoms with E-state index in [-0.39, 0.29) is 18.1 Å². The molecule has 0 saturated carbocycles. The van der Waals surface area contributed by atoms with Gasteiger partial charge in [0.15, 0.2) is 0 Å². The van der Waals surface area contributed by atoms with Gasteiger partial charge in [0.1, 0.15) is 6.04 Å². The van der Waals surface area contributed by atoms with E-state index >= 15 is 0 Å². The number of aromatic carboxylic acids is 1. The van der Waals surface area contributed by atoms with E-state index in [0.717, 1.165) is 0 Å². The summed E-state index contributed by atoms with van der Waals surface area (Å²) in [6.07, 6.45) is 0. The quantitative estimate of drug-likeness (QED) is 0.878. The number of anilines is 1. The molecule has 1 amide bonds. The number of ether oxygens (including phenoxy) is 1. The summed E-state index contributed by atoms with van der Waals surface area (Å²) in [5, 5.41) is 12.4. The van der Waals surface area contributed by atoms with Crippen LogP contribution in [-0.4, -0.2) is 49.3 Å². The normalized spacial score (nSPS) is 18.4. The van der Waals surface area contributed by atoms with Gasteiger partial charge in [-0.2, -0.15) is 0 Å². The molecule has 2 N–H and O–H groups in total. The Labute approximate surface area is 127 Å². The lowest BCUT2D eigenvalue weighted by molar-refractivity contribution is -0.124. The molecule has 6 nitrogen and oxygen atoms in total. The van der Waals surface area contributed by atoms with Crippen molar-refractivity contribution in [2.24, 2.45) is 0 Å². The van der Waals surface area contributed by atoms with E-state index in [1.165, 1.54) is 6.07 Å².